The number of benzene rings is 1. The fraction of sp³-hybridized carbons (Fsp3) is 0.364. The van der Waals surface area contributed by atoms with Crippen molar-refractivity contribution in [2.75, 3.05) is 5.73 Å². The van der Waals surface area contributed by atoms with Crippen LogP contribution in [-0.2, 0) is 0 Å². The molecule has 0 saturated heterocycles. The number of nitrogens with two attached hydrogens (primary N) is 3. The number of anilines is 1. The topological polar surface area (TPSA) is 93.7 Å². The molecule has 1 aliphatic rings. The molecule has 1 aliphatic carbocycles. The van der Waals surface area contributed by atoms with Crippen molar-refractivity contribution in [3.63, 3.8) is 0 Å². The molecule has 0 heterocycles. The molecule has 1 aromatic rings. The van der Waals surface area contributed by atoms with Gasteiger partial charge in [-0.1, -0.05) is 11.6 Å². The quantitative estimate of drug-likeness (QED) is 0.258. The summed E-state index contributed by atoms with van der Waals surface area (Å²) in [4.78, 5) is 0. The van der Waals surface area contributed by atoms with Crippen molar-refractivity contribution >= 4 is 23.1 Å². The van der Waals surface area contributed by atoms with Gasteiger partial charge >= 0.3 is 0 Å². The summed E-state index contributed by atoms with van der Waals surface area (Å²) in [5, 5.41) is 5.25. The molecular formula is C11H14ClF2N5. The van der Waals surface area contributed by atoms with Gasteiger partial charge in [-0.2, -0.15) is 0 Å². The van der Waals surface area contributed by atoms with E-state index < -0.39 is 12.0 Å². The third-order valence-electron chi connectivity index (χ3n) is 2.96. The molecule has 6 N–H and O–H groups in total. The van der Waals surface area contributed by atoms with Gasteiger partial charge in [0, 0.05) is 18.4 Å². The first-order chi connectivity index (χ1) is 8.78. The van der Waals surface area contributed by atoms with E-state index in [-0.39, 0.29) is 18.7 Å². The standard InChI is InChI=1S/C11H14ClF2N5/c12-8-2-1-6(3-9(8)15)10(16)18-19(17)7-4-11(13,14)5-7/h1-3,7H,4-5,15,17H2,(H2,16,18). The summed E-state index contributed by atoms with van der Waals surface area (Å²) < 4.78 is 25.4. The number of halogens is 3. The van der Waals surface area contributed by atoms with E-state index in [9.17, 15) is 8.78 Å². The third kappa shape index (κ3) is 3.05. The number of hydrazone groups is 1. The largest absolute Gasteiger partial charge is 0.398 e. The van der Waals surface area contributed by atoms with E-state index in [2.05, 4.69) is 5.10 Å². The molecule has 0 aromatic heterocycles. The van der Waals surface area contributed by atoms with Crippen LogP contribution < -0.4 is 17.3 Å². The zero-order chi connectivity index (χ0) is 14.2. The van der Waals surface area contributed by atoms with Crippen LogP contribution in [0.5, 0.6) is 0 Å². The minimum absolute atomic E-state index is 0.0982. The predicted molar refractivity (Wildman–Crippen MR) is 70.6 cm³/mol. The number of hydrazine groups is 1. The molecule has 104 valence electrons. The first kappa shape index (κ1) is 13.8. The highest BCUT2D eigenvalue weighted by molar-refractivity contribution is 6.33. The maximum atomic E-state index is 12.7. The van der Waals surface area contributed by atoms with E-state index in [1.807, 2.05) is 0 Å². The third-order valence-corrected chi connectivity index (χ3v) is 3.30. The van der Waals surface area contributed by atoms with Crippen molar-refractivity contribution in [1.29, 1.82) is 0 Å². The molecule has 0 unspecified atom stereocenters. The van der Waals surface area contributed by atoms with Crippen molar-refractivity contribution in [3.05, 3.63) is 28.8 Å². The molecule has 1 fully saturated rings. The van der Waals surface area contributed by atoms with Gasteiger partial charge in [-0.05, 0) is 18.2 Å². The van der Waals surface area contributed by atoms with E-state index in [1.54, 1.807) is 18.2 Å². The number of nitrogens with zero attached hydrogens (tertiary/aromatic N) is 2. The lowest BCUT2D eigenvalue weighted by Crippen LogP contribution is -2.52. The van der Waals surface area contributed by atoms with E-state index in [0.29, 0.717) is 16.3 Å². The van der Waals surface area contributed by atoms with Crippen LogP contribution in [0.25, 0.3) is 0 Å². The molecule has 2 rings (SSSR count). The van der Waals surface area contributed by atoms with Gasteiger partial charge < -0.3 is 11.5 Å². The monoisotopic (exact) mass is 289 g/mol. The fourth-order valence-corrected chi connectivity index (χ4v) is 1.90. The lowest BCUT2D eigenvalue weighted by Gasteiger charge is -2.38. The summed E-state index contributed by atoms with van der Waals surface area (Å²) in [6.07, 6.45) is -0.633. The van der Waals surface area contributed by atoms with Crippen molar-refractivity contribution in [2.45, 2.75) is 24.8 Å². The molecular weight excluding hydrogens is 276 g/mol. The maximum Gasteiger partial charge on any atom is 0.252 e. The second-order valence-electron chi connectivity index (χ2n) is 4.52. The molecule has 5 nitrogen and oxygen atoms in total. The highest BCUT2D eigenvalue weighted by Crippen LogP contribution is 2.39. The highest BCUT2D eigenvalue weighted by atomic mass is 35.5. The minimum atomic E-state index is -2.66. The number of hydrogen-bond acceptors (Lipinski definition) is 4. The zero-order valence-corrected chi connectivity index (χ0v) is 10.7. The number of alkyl halides is 2. The van der Waals surface area contributed by atoms with Crippen LogP contribution in [0.15, 0.2) is 23.3 Å². The van der Waals surface area contributed by atoms with Crippen molar-refractivity contribution < 1.29 is 8.78 Å². The van der Waals surface area contributed by atoms with Crippen molar-refractivity contribution in [2.24, 2.45) is 16.7 Å². The molecule has 0 aliphatic heterocycles. The van der Waals surface area contributed by atoms with E-state index in [1.165, 1.54) is 0 Å². The van der Waals surface area contributed by atoms with Gasteiger partial charge in [0.05, 0.1) is 16.8 Å². The molecule has 0 atom stereocenters. The summed E-state index contributed by atoms with van der Waals surface area (Å²) in [7, 11) is 0. The number of nitrogen functional groups attached to an aromatic ring is 1. The Kier molecular flexibility index (Phi) is 3.51. The lowest BCUT2D eigenvalue weighted by molar-refractivity contribution is -0.124. The van der Waals surface area contributed by atoms with Gasteiger partial charge in [0.15, 0.2) is 5.84 Å². The number of rotatable bonds is 3. The smallest absolute Gasteiger partial charge is 0.252 e. The van der Waals surface area contributed by atoms with Crippen molar-refractivity contribution in [1.82, 2.24) is 5.12 Å². The summed E-state index contributed by atoms with van der Waals surface area (Å²) in [5.41, 5.74) is 12.3. The Morgan fingerprint density at radius 3 is 2.58 bits per heavy atom. The van der Waals surface area contributed by atoms with Gasteiger partial charge in [-0.3, -0.25) is 0 Å². The second-order valence-corrected chi connectivity index (χ2v) is 4.93. The number of hydrogen-bond donors (Lipinski definition) is 3. The van der Waals surface area contributed by atoms with Gasteiger partial charge in [-0.15, -0.1) is 5.10 Å². The molecule has 0 spiro atoms. The molecule has 19 heavy (non-hydrogen) atoms. The van der Waals surface area contributed by atoms with Crippen LogP contribution >= 0.6 is 11.6 Å². The molecule has 1 saturated carbocycles. The Balaban J connectivity index is 2.08. The summed E-state index contributed by atoms with van der Waals surface area (Å²) >= 11 is 5.78. The molecule has 0 radical (unpaired) electrons. The summed E-state index contributed by atoms with van der Waals surface area (Å²) in [6, 6.07) is 4.25. The van der Waals surface area contributed by atoms with Crippen LogP contribution in [0, 0.1) is 0 Å². The Labute approximate surface area is 113 Å². The Hall–Kier alpha value is -1.60. The van der Waals surface area contributed by atoms with Crippen LogP contribution in [0.4, 0.5) is 14.5 Å². The second kappa shape index (κ2) is 4.82. The van der Waals surface area contributed by atoms with E-state index in [4.69, 9.17) is 28.9 Å². The molecule has 0 amide bonds. The maximum absolute atomic E-state index is 12.7. The molecule has 1 aromatic carbocycles. The van der Waals surface area contributed by atoms with Crippen LogP contribution in [0.3, 0.4) is 0 Å². The van der Waals surface area contributed by atoms with E-state index in [0.717, 1.165) is 5.12 Å². The SMILES string of the molecule is N/C(=N\N(N)C1CC(F)(F)C1)c1ccc(Cl)c(N)c1. The first-order valence-corrected chi connectivity index (χ1v) is 5.97. The fourth-order valence-electron chi connectivity index (χ4n) is 1.78. The first-order valence-electron chi connectivity index (χ1n) is 5.60. The average Bonchev–Trinajstić information content (AvgIpc) is 2.29. The molecule has 0 bridgehead atoms. The lowest BCUT2D eigenvalue weighted by atomic mass is 9.88. The highest BCUT2D eigenvalue weighted by Gasteiger charge is 2.47. The van der Waals surface area contributed by atoms with E-state index >= 15 is 0 Å². The van der Waals surface area contributed by atoms with Crippen LogP contribution in [0.2, 0.25) is 5.02 Å². The Morgan fingerprint density at radius 2 is 2.05 bits per heavy atom. The van der Waals surface area contributed by atoms with Crippen LogP contribution in [0.1, 0.15) is 18.4 Å². The molecule has 8 heteroatoms. The van der Waals surface area contributed by atoms with Gasteiger partial charge in [0.25, 0.3) is 5.92 Å². The van der Waals surface area contributed by atoms with Crippen LogP contribution in [-0.4, -0.2) is 22.9 Å². The zero-order valence-electron chi connectivity index (χ0n) is 9.98. The predicted octanol–water partition coefficient (Wildman–Crippen LogP) is 1.52. The Bertz CT molecular complexity index is 512. The van der Waals surface area contributed by atoms with Gasteiger partial charge in [-0.25, -0.2) is 19.7 Å². The minimum Gasteiger partial charge on any atom is -0.398 e. The van der Waals surface area contributed by atoms with Crippen molar-refractivity contribution in [3.8, 4) is 0 Å². The van der Waals surface area contributed by atoms with Gasteiger partial charge in [0.1, 0.15) is 0 Å². The summed E-state index contributed by atoms with van der Waals surface area (Å²) in [6.45, 7) is 0. The normalized spacial score (nSPS) is 19.1. The summed E-state index contributed by atoms with van der Waals surface area (Å²) in [5.74, 6) is 3.02. The van der Waals surface area contributed by atoms with Gasteiger partial charge in [0.2, 0.25) is 0 Å². The average molecular weight is 290 g/mol. The number of amidine groups is 1. The Morgan fingerprint density at radius 1 is 1.42 bits per heavy atom.